The molecular weight excluding hydrogens is 362 g/mol. The second kappa shape index (κ2) is 6.69. The minimum absolute atomic E-state index is 0.166. The number of rotatable bonds is 3. The van der Waals surface area contributed by atoms with E-state index in [0.29, 0.717) is 36.0 Å². The number of esters is 1. The van der Waals surface area contributed by atoms with Gasteiger partial charge in [0.15, 0.2) is 0 Å². The van der Waals surface area contributed by atoms with Crippen molar-refractivity contribution >= 4 is 16.9 Å². The number of benzene rings is 2. The first kappa shape index (κ1) is 18.6. The van der Waals surface area contributed by atoms with E-state index in [4.69, 9.17) is 4.74 Å². The maximum Gasteiger partial charge on any atom is 0.316 e. The molecule has 1 fully saturated rings. The molecule has 2 aromatic carbocycles. The number of ether oxygens (including phenoxy) is 1. The Hall–Kier alpha value is -2.76. The SMILES string of the molecule is COC(=O)C1(c2cccc(F)c2C)CCC(c2cc3c(cnn3C)cc2F)C1. The Morgan fingerprint density at radius 2 is 2.07 bits per heavy atom. The van der Waals surface area contributed by atoms with Crippen molar-refractivity contribution in [2.75, 3.05) is 7.11 Å². The highest BCUT2D eigenvalue weighted by atomic mass is 19.1. The van der Waals surface area contributed by atoms with Gasteiger partial charge < -0.3 is 4.74 Å². The van der Waals surface area contributed by atoms with Gasteiger partial charge in [0.2, 0.25) is 0 Å². The number of fused-ring (bicyclic) bond motifs is 1. The van der Waals surface area contributed by atoms with Crippen LogP contribution in [0.15, 0.2) is 36.5 Å². The number of hydrogen-bond donors (Lipinski definition) is 0. The molecule has 4 rings (SSSR count). The van der Waals surface area contributed by atoms with E-state index in [1.165, 1.54) is 19.2 Å². The van der Waals surface area contributed by atoms with Gasteiger partial charge in [0.25, 0.3) is 0 Å². The molecule has 0 saturated heterocycles. The van der Waals surface area contributed by atoms with Crippen molar-refractivity contribution in [3.63, 3.8) is 0 Å². The van der Waals surface area contributed by atoms with Crippen molar-refractivity contribution in [1.29, 1.82) is 0 Å². The normalized spacial score (nSPS) is 22.0. The topological polar surface area (TPSA) is 44.1 Å². The summed E-state index contributed by atoms with van der Waals surface area (Å²) in [5, 5.41) is 4.92. The summed E-state index contributed by atoms with van der Waals surface area (Å²) in [6, 6.07) is 8.07. The monoisotopic (exact) mass is 384 g/mol. The second-order valence-corrected chi connectivity index (χ2v) is 7.63. The van der Waals surface area contributed by atoms with Crippen molar-refractivity contribution < 1.29 is 18.3 Å². The van der Waals surface area contributed by atoms with Gasteiger partial charge in [-0.3, -0.25) is 9.48 Å². The average Bonchev–Trinajstić information content (AvgIpc) is 3.27. The van der Waals surface area contributed by atoms with Gasteiger partial charge >= 0.3 is 5.97 Å². The van der Waals surface area contributed by atoms with Gasteiger partial charge in [-0.1, -0.05) is 12.1 Å². The van der Waals surface area contributed by atoms with Crippen LogP contribution in [0.1, 0.15) is 41.9 Å². The summed E-state index contributed by atoms with van der Waals surface area (Å²) in [6.07, 6.45) is 3.11. The summed E-state index contributed by atoms with van der Waals surface area (Å²) in [7, 11) is 3.15. The van der Waals surface area contributed by atoms with Crippen LogP contribution in [0.2, 0.25) is 0 Å². The van der Waals surface area contributed by atoms with Crippen molar-refractivity contribution in [2.24, 2.45) is 7.05 Å². The molecule has 3 aromatic rings. The molecule has 0 bridgehead atoms. The molecule has 1 heterocycles. The minimum atomic E-state index is -0.973. The van der Waals surface area contributed by atoms with Gasteiger partial charge in [-0.25, -0.2) is 8.78 Å². The number of carbonyl (C=O) groups is 1. The molecule has 4 nitrogen and oxygen atoms in total. The molecule has 1 aliphatic rings. The predicted molar refractivity (Wildman–Crippen MR) is 102 cm³/mol. The molecule has 146 valence electrons. The van der Waals surface area contributed by atoms with Crippen LogP contribution >= 0.6 is 0 Å². The maximum atomic E-state index is 14.8. The Morgan fingerprint density at radius 3 is 2.82 bits per heavy atom. The zero-order valence-corrected chi connectivity index (χ0v) is 16.1. The molecule has 0 spiro atoms. The molecule has 1 aromatic heterocycles. The van der Waals surface area contributed by atoms with E-state index in [0.717, 1.165) is 10.9 Å². The number of nitrogens with zero attached hydrogens (tertiary/aromatic N) is 2. The summed E-state index contributed by atoms with van der Waals surface area (Å²) in [5.74, 6) is -1.22. The lowest BCUT2D eigenvalue weighted by molar-refractivity contribution is -0.147. The Balaban J connectivity index is 1.80. The minimum Gasteiger partial charge on any atom is -0.468 e. The van der Waals surface area contributed by atoms with Crippen molar-refractivity contribution in [1.82, 2.24) is 9.78 Å². The third kappa shape index (κ3) is 2.70. The summed E-state index contributed by atoms with van der Waals surface area (Å²) in [4.78, 5) is 12.8. The van der Waals surface area contributed by atoms with Crippen LogP contribution in [0, 0.1) is 18.6 Å². The van der Waals surface area contributed by atoms with Crippen molar-refractivity contribution in [2.45, 2.75) is 37.5 Å². The fraction of sp³-hybridized carbons (Fsp3) is 0.364. The molecule has 2 unspecified atom stereocenters. The smallest absolute Gasteiger partial charge is 0.316 e. The lowest BCUT2D eigenvalue weighted by Gasteiger charge is -2.29. The maximum absolute atomic E-state index is 14.8. The highest BCUT2D eigenvalue weighted by Gasteiger charge is 2.49. The van der Waals surface area contributed by atoms with Gasteiger partial charge in [-0.2, -0.15) is 5.10 Å². The van der Waals surface area contributed by atoms with Crippen LogP contribution in [0.3, 0.4) is 0 Å². The third-order valence-electron chi connectivity index (χ3n) is 6.18. The van der Waals surface area contributed by atoms with E-state index < -0.39 is 11.4 Å². The Labute approximate surface area is 162 Å². The Bertz CT molecular complexity index is 1080. The number of carbonyl (C=O) groups excluding carboxylic acids is 1. The number of hydrogen-bond acceptors (Lipinski definition) is 3. The van der Waals surface area contributed by atoms with Gasteiger partial charge in [0, 0.05) is 12.4 Å². The van der Waals surface area contributed by atoms with E-state index in [1.807, 2.05) is 13.1 Å². The van der Waals surface area contributed by atoms with E-state index in [-0.39, 0.29) is 17.6 Å². The van der Waals surface area contributed by atoms with Gasteiger partial charge in [-0.15, -0.1) is 0 Å². The fourth-order valence-corrected chi connectivity index (χ4v) is 4.67. The van der Waals surface area contributed by atoms with E-state index in [2.05, 4.69) is 5.10 Å². The average molecular weight is 384 g/mol. The molecule has 6 heteroatoms. The molecular formula is C22H22F2N2O2. The first-order chi connectivity index (χ1) is 13.4. The standard InChI is InChI=1S/C22H22F2N2O2/c1-13-17(5-4-6-18(13)23)22(21(27)28-3)8-7-14(11-22)16-10-20-15(9-19(16)24)12-25-26(20)2/h4-6,9-10,12,14H,7-8,11H2,1-3H3. The van der Waals surface area contributed by atoms with Crippen LogP contribution in [0.4, 0.5) is 8.78 Å². The first-order valence-electron chi connectivity index (χ1n) is 9.32. The Morgan fingerprint density at radius 1 is 1.29 bits per heavy atom. The summed E-state index contributed by atoms with van der Waals surface area (Å²) >= 11 is 0. The second-order valence-electron chi connectivity index (χ2n) is 7.63. The third-order valence-corrected chi connectivity index (χ3v) is 6.18. The molecule has 2 atom stereocenters. The molecule has 0 amide bonds. The lowest BCUT2D eigenvalue weighted by atomic mass is 9.75. The fourth-order valence-electron chi connectivity index (χ4n) is 4.67. The summed E-state index contributed by atoms with van der Waals surface area (Å²) in [6.45, 7) is 1.67. The zero-order valence-electron chi connectivity index (χ0n) is 16.1. The molecule has 0 N–H and O–H groups in total. The molecule has 1 saturated carbocycles. The van der Waals surface area contributed by atoms with Gasteiger partial charge in [0.05, 0.1) is 24.2 Å². The van der Waals surface area contributed by atoms with Gasteiger partial charge in [0.1, 0.15) is 11.6 Å². The lowest BCUT2D eigenvalue weighted by Crippen LogP contribution is -2.35. The van der Waals surface area contributed by atoms with E-state index in [1.54, 1.807) is 29.9 Å². The Kier molecular flexibility index (Phi) is 4.44. The number of methoxy groups -OCH3 is 1. The van der Waals surface area contributed by atoms with Crippen LogP contribution < -0.4 is 0 Å². The van der Waals surface area contributed by atoms with Gasteiger partial charge in [-0.05, 0) is 67.0 Å². The summed E-state index contributed by atoms with van der Waals surface area (Å²) < 4.78 is 35.9. The molecule has 1 aliphatic carbocycles. The van der Waals surface area contributed by atoms with Crippen LogP contribution in [0.5, 0.6) is 0 Å². The summed E-state index contributed by atoms with van der Waals surface area (Å²) in [5.41, 5.74) is 1.50. The quantitative estimate of drug-likeness (QED) is 0.623. The predicted octanol–water partition coefficient (Wildman–Crippen LogP) is 4.54. The van der Waals surface area contributed by atoms with Crippen LogP contribution in [0.25, 0.3) is 10.9 Å². The molecule has 0 aliphatic heterocycles. The number of aryl methyl sites for hydroxylation is 1. The molecule has 28 heavy (non-hydrogen) atoms. The first-order valence-corrected chi connectivity index (χ1v) is 9.32. The van der Waals surface area contributed by atoms with Crippen LogP contribution in [-0.4, -0.2) is 22.9 Å². The number of aromatic nitrogens is 2. The van der Waals surface area contributed by atoms with E-state index >= 15 is 0 Å². The highest BCUT2D eigenvalue weighted by molar-refractivity contribution is 5.85. The van der Waals surface area contributed by atoms with Crippen molar-refractivity contribution in [3.8, 4) is 0 Å². The zero-order chi connectivity index (χ0) is 20.1. The number of halogens is 2. The van der Waals surface area contributed by atoms with E-state index in [9.17, 15) is 13.6 Å². The largest absolute Gasteiger partial charge is 0.468 e. The van der Waals surface area contributed by atoms with Crippen molar-refractivity contribution in [3.05, 3.63) is 64.9 Å². The van der Waals surface area contributed by atoms with Crippen LogP contribution in [-0.2, 0) is 22.0 Å². The molecule has 0 radical (unpaired) electrons. The highest BCUT2D eigenvalue weighted by Crippen LogP contribution is 2.50.